The minimum atomic E-state index is 0.290. The lowest BCUT2D eigenvalue weighted by molar-refractivity contribution is 0.402. The van der Waals surface area contributed by atoms with E-state index in [0.29, 0.717) is 34.2 Å². The molecule has 0 aliphatic rings. The molecule has 29 heavy (non-hydrogen) atoms. The number of nitrogens with one attached hydrogen (secondary N) is 1. The quantitative estimate of drug-likeness (QED) is 0.533. The van der Waals surface area contributed by atoms with E-state index < -0.39 is 0 Å². The van der Waals surface area contributed by atoms with Gasteiger partial charge in [-0.25, -0.2) is 14.6 Å². The van der Waals surface area contributed by atoms with Crippen LogP contribution < -0.4 is 20.5 Å². The standard InChI is InChI=1S/C20H21N7O2/c1-11-5-6-15(28-4)12(2)18(11)29-20-17-14(23-10-24-19(17)21)7-16(26-20)27-9-13(22-3)8-25-27/h5-10,22H,1-4H3,(H2,21,23,24). The molecule has 3 heterocycles. The van der Waals surface area contributed by atoms with Crippen molar-refractivity contribution in [3.05, 3.63) is 48.0 Å². The van der Waals surface area contributed by atoms with Crippen LogP contribution in [0.1, 0.15) is 11.1 Å². The zero-order chi connectivity index (χ0) is 20.5. The molecule has 1 aromatic carbocycles. The lowest BCUT2D eigenvalue weighted by atomic mass is 10.1. The number of aryl methyl sites for hydroxylation is 1. The van der Waals surface area contributed by atoms with Gasteiger partial charge in [-0.15, -0.1) is 0 Å². The second kappa shape index (κ2) is 7.27. The molecule has 0 aliphatic heterocycles. The van der Waals surface area contributed by atoms with E-state index in [-0.39, 0.29) is 0 Å². The van der Waals surface area contributed by atoms with Crippen LogP contribution in [0.15, 0.2) is 36.9 Å². The predicted molar refractivity (Wildman–Crippen MR) is 111 cm³/mol. The van der Waals surface area contributed by atoms with E-state index in [1.165, 1.54) is 6.33 Å². The zero-order valence-corrected chi connectivity index (χ0v) is 16.6. The SMILES string of the molecule is CNc1cnn(-c2cc3ncnc(N)c3c(Oc3c(C)ccc(OC)c3C)n2)c1. The molecule has 0 amide bonds. The number of methoxy groups -OCH3 is 1. The minimum Gasteiger partial charge on any atom is -0.496 e. The Bertz CT molecular complexity index is 1200. The largest absolute Gasteiger partial charge is 0.496 e. The van der Waals surface area contributed by atoms with Crippen LogP contribution in [0.4, 0.5) is 11.5 Å². The van der Waals surface area contributed by atoms with Crippen molar-refractivity contribution in [1.82, 2.24) is 24.7 Å². The van der Waals surface area contributed by atoms with Crippen molar-refractivity contribution in [2.75, 3.05) is 25.2 Å². The monoisotopic (exact) mass is 391 g/mol. The smallest absolute Gasteiger partial charge is 0.234 e. The molecule has 4 aromatic rings. The van der Waals surface area contributed by atoms with Crippen LogP contribution >= 0.6 is 0 Å². The fourth-order valence-corrected chi connectivity index (χ4v) is 3.11. The van der Waals surface area contributed by atoms with Crippen LogP contribution in [0, 0.1) is 13.8 Å². The maximum absolute atomic E-state index is 6.26. The van der Waals surface area contributed by atoms with Crippen LogP contribution in [0.25, 0.3) is 16.7 Å². The Morgan fingerprint density at radius 2 is 2.00 bits per heavy atom. The van der Waals surface area contributed by atoms with Crippen LogP contribution in [-0.4, -0.2) is 38.9 Å². The Hall–Kier alpha value is -3.88. The molecular weight excluding hydrogens is 370 g/mol. The number of rotatable bonds is 5. The summed E-state index contributed by atoms with van der Waals surface area (Å²) >= 11 is 0. The fraction of sp³-hybridized carbons (Fsp3) is 0.200. The fourth-order valence-electron chi connectivity index (χ4n) is 3.11. The highest BCUT2D eigenvalue weighted by Gasteiger charge is 2.18. The molecule has 0 atom stereocenters. The summed E-state index contributed by atoms with van der Waals surface area (Å²) in [4.78, 5) is 13.1. The second-order valence-electron chi connectivity index (χ2n) is 6.50. The Labute approximate surface area is 167 Å². The lowest BCUT2D eigenvalue weighted by Crippen LogP contribution is -2.04. The molecule has 0 bridgehead atoms. The first-order chi connectivity index (χ1) is 14.0. The number of aromatic nitrogens is 5. The van der Waals surface area contributed by atoms with Crippen molar-refractivity contribution in [3.8, 4) is 23.2 Å². The molecule has 148 valence electrons. The summed E-state index contributed by atoms with van der Waals surface area (Å²) < 4.78 is 13.3. The Kier molecular flexibility index (Phi) is 4.63. The van der Waals surface area contributed by atoms with Gasteiger partial charge >= 0.3 is 0 Å². The highest BCUT2D eigenvalue weighted by Crippen LogP contribution is 2.37. The first-order valence-corrected chi connectivity index (χ1v) is 8.98. The van der Waals surface area contributed by atoms with Crippen molar-refractivity contribution in [1.29, 1.82) is 0 Å². The number of pyridine rings is 1. The number of anilines is 2. The molecule has 3 N–H and O–H groups in total. The number of ether oxygens (including phenoxy) is 2. The lowest BCUT2D eigenvalue weighted by Gasteiger charge is -2.16. The third-order valence-electron chi connectivity index (χ3n) is 4.68. The van der Waals surface area contributed by atoms with Gasteiger partial charge in [-0.2, -0.15) is 10.1 Å². The zero-order valence-electron chi connectivity index (χ0n) is 16.6. The first kappa shape index (κ1) is 18.5. The molecule has 0 saturated heterocycles. The van der Waals surface area contributed by atoms with Crippen LogP contribution in [0.5, 0.6) is 17.4 Å². The normalized spacial score (nSPS) is 10.9. The molecule has 4 rings (SSSR count). The van der Waals surface area contributed by atoms with Gasteiger partial charge in [0.1, 0.15) is 29.0 Å². The van der Waals surface area contributed by atoms with Crippen molar-refractivity contribution >= 4 is 22.4 Å². The summed E-state index contributed by atoms with van der Waals surface area (Å²) in [6.45, 7) is 3.89. The van der Waals surface area contributed by atoms with E-state index in [2.05, 4.69) is 25.4 Å². The van der Waals surface area contributed by atoms with E-state index in [1.54, 1.807) is 24.1 Å². The molecule has 0 saturated carbocycles. The highest BCUT2D eigenvalue weighted by molar-refractivity contribution is 5.93. The number of benzene rings is 1. The van der Waals surface area contributed by atoms with E-state index in [1.807, 2.05) is 39.2 Å². The Morgan fingerprint density at radius 1 is 1.17 bits per heavy atom. The van der Waals surface area contributed by atoms with Gasteiger partial charge in [-0.05, 0) is 25.5 Å². The molecule has 0 fully saturated rings. The summed E-state index contributed by atoms with van der Waals surface area (Å²) in [5.41, 5.74) is 9.40. The van der Waals surface area contributed by atoms with E-state index in [9.17, 15) is 0 Å². The number of nitrogens with two attached hydrogens (primary N) is 1. The topological polar surface area (TPSA) is 113 Å². The number of nitrogen functional groups attached to an aromatic ring is 1. The van der Waals surface area contributed by atoms with Crippen molar-refractivity contribution in [2.24, 2.45) is 0 Å². The highest BCUT2D eigenvalue weighted by atomic mass is 16.5. The van der Waals surface area contributed by atoms with Crippen molar-refractivity contribution < 1.29 is 9.47 Å². The molecule has 9 heteroatoms. The van der Waals surface area contributed by atoms with Crippen molar-refractivity contribution in [2.45, 2.75) is 13.8 Å². The molecular formula is C20H21N7O2. The molecule has 0 unspecified atom stereocenters. The molecule has 0 spiro atoms. The molecule has 9 nitrogen and oxygen atoms in total. The van der Waals surface area contributed by atoms with Crippen LogP contribution in [-0.2, 0) is 0 Å². The maximum Gasteiger partial charge on any atom is 0.234 e. The molecule has 0 aliphatic carbocycles. The molecule has 3 aromatic heterocycles. The van der Waals surface area contributed by atoms with Gasteiger partial charge in [0.05, 0.1) is 30.7 Å². The van der Waals surface area contributed by atoms with E-state index in [4.69, 9.17) is 15.2 Å². The summed E-state index contributed by atoms with van der Waals surface area (Å²) in [5, 5.41) is 7.92. The predicted octanol–water partition coefficient (Wildman–Crippen LogP) is 3.25. The van der Waals surface area contributed by atoms with Gasteiger partial charge in [0.25, 0.3) is 0 Å². The first-order valence-electron chi connectivity index (χ1n) is 8.98. The van der Waals surface area contributed by atoms with E-state index in [0.717, 1.165) is 22.6 Å². The van der Waals surface area contributed by atoms with Gasteiger partial charge in [-0.1, -0.05) is 6.07 Å². The van der Waals surface area contributed by atoms with Gasteiger partial charge < -0.3 is 20.5 Å². The Balaban J connectivity index is 1.91. The summed E-state index contributed by atoms with van der Waals surface area (Å²) in [5.74, 6) is 2.51. The summed E-state index contributed by atoms with van der Waals surface area (Å²) in [7, 11) is 3.45. The van der Waals surface area contributed by atoms with Crippen molar-refractivity contribution in [3.63, 3.8) is 0 Å². The maximum atomic E-state index is 6.26. The van der Waals surface area contributed by atoms with Crippen LogP contribution in [0.2, 0.25) is 0 Å². The van der Waals surface area contributed by atoms with Crippen LogP contribution in [0.3, 0.4) is 0 Å². The third kappa shape index (κ3) is 3.27. The summed E-state index contributed by atoms with van der Waals surface area (Å²) in [6.07, 6.45) is 4.94. The minimum absolute atomic E-state index is 0.290. The second-order valence-corrected chi connectivity index (χ2v) is 6.50. The number of fused-ring (bicyclic) bond motifs is 1. The number of nitrogens with zero attached hydrogens (tertiary/aromatic N) is 5. The average molecular weight is 391 g/mol. The Morgan fingerprint density at radius 3 is 2.72 bits per heavy atom. The van der Waals surface area contributed by atoms with Gasteiger partial charge in [0, 0.05) is 18.7 Å². The number of hydrogen-bond acceptors (Lipinski definition) is 8. The van der Waals surface area contributed by atoms with Gasteiger partial charge in [0.15, 0.2) is 5.82 Å². The van der Waals surface area contributed by atoms with Gasteiger partial charge in [-0.3, -0.25) is 0 Å². The molecule has 0 radical (unpaired) electrons. The summed E-state index contributed by atoms with van der Waals surface area (Å²) in [6, 6.07) is 5.62. The number of hydrogen-bond donors (Lipinski definition) is 2. The third-order valence-corrected chi connectivity index (χ3v) is 4.68. The van der Waals surface area contributed by atoms with E-state index >= 15 is 0 Å². The average Bonchev–Trinajstić information content (AvgIpc) is 3.20. The van der Waals surface area contributed by atoms with Gasteiger partial charge in [0.2, 0.25) is 5.88 Å².